The van der Waals surface area contributed by atoms with Crippen molar-refractivity contribution >= 4 is 11.6 Å². The van der Waals surface area contributed by atoms with E-state index < -0.39 is 0 Å². The van der Waals surface area contributed by atoms with Gasteiger partial charge in [-0.05, 0) is 37.8 Å². The molecule has 2 N–H and O–H groups in total. The quantitative estimate of drug-likeness (QED) is 0.499. The molecule has 1 aliphatic rings. The van der Waals surface area contributed by atoms with Crippen LogP contribution in [0.15, 0.2) is 35.3 Å². The number of nitrogens with zero attached hydrogens (tertiary/aromatic N) is 3. The van der Waals surface area contributed by atoms with E-state index in [4.69, 9.17) is 5.73 Å². The van der Waals surface area contributed by atoms with Gasteiger partial charge in [-0.15, -0.1) is 0 Å². The Bertz CT molecular complexity index is 436. The average Bonchev–Trinajstić information content (AvgIpc) is 2.84. The minimum atomic E-state index is 0.748. The summed E-state index contributed by atoms with van der Waals surface area (Å²) in [5, 5.41) is 0. The summed E-state index contributed by atoms with van der Waals surface area (Å²) in [6.45, 7) is 4.05. The second-order valence-corrected chi connectivity index (χ2v) is 6.11. The molecule has 0 aromatic heterocycles. The maximum atomic E-state index is 6.12. The van der Waals surface area contributed by atoms with Gasteiger partial charge in [-0.3, -0.25) is 4.99 Å². The first-order valence-corrected chi connectivity index (χ1v) is 8.58. The van der Waals surface area contributed by atoms with E-state index >= 15 is 0 Å². The summed E-state index contributed by atoms with van der Waals surface area (Å²) in [4.78, 5) is 9.11. The second-order valence-electron chi connectivity index (χ2n) is 6.11. The maximum absolute atomic E-state index is 6.12. The molecule has 0 unspecified atom stereocenters. The number of benzene rings is 1. The zero-order valence-electron chi connectivity index (χ0n) is 13.9. The minimum Gasteiger partial charge on any atom is -0.375 e. The molecule has 1 aromatic carbocycles. The molecule has 1 heterocycles. The Morgan fingerprint density at radius 2 is 1.77 bits per heavy atom. The predicted molar refractivity (Wildman–Crippen MR) is 95.5 cm³/mol. The third-order valence-electron chi connectivity index (χ3n) is 4.30. The van der Waals surface area contributed by atoms with Gasteiger partial charge in [0, 0.05) is 38.9 Å². The van der Waals surface area contributed by atoms with Gasteiger partial charge in [-0.1, -0.05) is 31.0 Å². The molecule has 0 radical (unpaired) electrons. The largest absolute Gasteiger partial charge is 0.375 e. The summed E-state index contributed by atoms with van der Waals surface area (Å²) in [7, 11) is 2.14. The zero-order chi connectivity index (χ0) is 15.6. The van der Waals surface area contributed by atoms with E-state index in [0.717, 1.165) is 45.0 Å². The second kappa shape index (κ2) is 9.34. The first-order chi connectivity index (χ1) is 10.8. The van der Waals surface area contributed by atoms with Crippen molar-refractivity contribution in [2.24, 2.45) is 10.7 Å². The van der Waals surface area contributed by atoms with Crippen molar-refractivity contribution in [3.63, 3.8) is 0 Å². The van der Waals surface area contributed by atoms with Crippen LogP contribution in [0.3, 0.4) is 0 Å². The van der Waals surface area contributed by atoms with Gasteiger partial charge in [0.05, 0.1) is 0 Å². The van der Waals surface area contributed by atoms with Crippen LogP contribution in [0.1, 0.15) is 38.5 Å². The normalized spacial score (nSPS) is 16.4. The highest BCUT2D eigenvalue weighted by atomic mass is 15.2. The molecule has 0 bridgehead atoms. The summed E-state index contributed by atoms with van der Waals surface area (Å²) in [6, 6.07) is 10.5. The van der Waals surface area contributed by atoms with Crippen molar-refractivity contribution in [2.45, 2.75) is 38.5 Å². The number of para-hydroxylation sites is 1. The topological polar surface area (TPSA) is 44.9 Å². The third kappa shape index (κ3) is 5.58. The monoisotopic (exact) mass is 302 g/mol. The zero-order valence-corrected chi connectivity index (χ0v) is 13.9. The number of nitrogens with two attached hydrogens (primary N) is 1. The minimum absolute atomic E-state index is 0.748. The van der Waals surface area contributed by atoms with Gasteiger partial charge >= 0.3 is 0 Å². The summed E-state index contributed by atoms with van der Waals surface area (Å²) >= 11 is 0. The van der Waals surface area contributed by atoms with Crippen LogP contribution in [0.5, 0.6) is 0 Å². The van der Waals surface area contributed by atoms with E-state index in [9.17, 15) is 0 Å². The molecule has 0 saturated carbocycles. The fourth-order valence-corrected chi connectivity index (χ4v) is 2.87. The van der Waals surface area contributed by atoms with Crippen LogP contribution in [0.4, 0.5) is 5.69 Å². The maximum Gasteiger partial charge on any atom is 0.191 e. The highest BCUT2D eigenvalue weighted by molar-refractivity contribution is 5.78. The summed E-state index contributed by atoms with van der Waals surface area (Å²) in [5.41, 5.74) is 7.39. The van der Waals surface area contributed by atoms with Crippen LogP contribution >= 0.6 is 0 Å². The number of hydrogen-bond acceptors (Lipinski definition) is 2. The van der Waals surface area contributed by atoms with E-state index in [1.807, 2.05) is 0 Å². The number of aliphatic imine (C=N–C) groups is 1. The number of likely N-dealkylation sites (tertiary alicyclic amines) is 1. The van der Waals surface area contributed by atoms with E-state index in [-0.39, 0.29) is 0 Å². The molecule has 2 rings (SSSR count). The predicted octanol–water partition coefficient (Wildman–Crippen LogP) is 3.09. The van der Waals surface area contributed by atoms with Gasteiger partial charge in [0.1, 0.15) is 0 Å². The van der Waals surface area contributed by atoms with Gasteiger partial charge in [0.2, 0.25) is 0 Å². The Balaban J connectivity index is 1.64. The van der Waals surface area contributed by atoms with Crippen molar-refractivity contribution in [3.8, 4) is 0 Å². The highest BCUT2D eigenvalue weighted by Crippen LogP contribution is 2.12. The average molecular weight is 302 g/mol. The molecule has 1 aromatic rings. The van der Waals surface area contributed by atoms with Crippen LogP contribution < -0.4 is 10.6 Å². The van der Waals surface area contributed by atoms with E-state index in [2.05, 4.69) is 52.2 Å². The van der Waals surface area contributed by atoms with Crippen LogP contribution in [-0.4, -0.2) is 44.1 Å². The van der Waals surface area contributed by atoms with Crippen LogP contribution in [0.2, 0.25) is 0 Å². The molecule has 0 spiro atoms. The first-order valence-electron chi connectivity index (χ1n) is 8.58. The molecule has 4 heteroatoms. The number of unbranched alkanes of at least 4 members (excludes halogenated alkanes) is 1. The Morgan fingerprint density at radius 3 is 2.45 bits per heavy atom. The molecule has 0 aliphatic carbocycles. The molecule has 22 heavy (non-hydrogen) atoms. The van der Waals surface area contributed by atoms with Crippen molar-refractivity contribution in [1.29, 1.82) is 0 Å². The van der Waals surface area contributed by atoms with Gasteiger partial charge in [-0.25, -0.2) is 0 Å². The molecular weight excluding hydrogens is 272 g/mol. The molecule has 1 fully saturated rings. The summed E-state index contributed by atoms with van der Waals surface area (Å²) in [5.74, 6) is 0.748. The number of anilines is 1. The molecule has 4 nitrogen and oxygen atoms in total. The first kappa shape index (κ1) is 16.7. The summed E-state index contributed by atoms with van der Waals surface area (Å²) in [6.07, 6.45) is 7.38. The molecule has 0 amide bonds. The molecule has 0 atom stereocenters. The smallest absolute Gasteiger partial charge is 0.191 e. The fraction of sp³-hybridized carbons (Fsp3) is 0.611. The van der Waals surface area contributed by atoms with Crippen molar-refractivity contribution < 1.29 is 0 Å². The number of hydrogen-bond donors (Lipinski definition) is 1. The highest BCUT2D eigenvalue weighted by Gasteiger charge is 2.10. The number of guanidine groups is 1. The van der Waals surface area contributed by atoms with Gasteiger partial charge in [0.25, 0.3) is 0 Å². The molecule has 1 aliphatic heterocycles. The molecular formula is C18H30N4. The van der Waals surface area contributed by atoms with Crippen LogP contribution in [-0.2, 0) is 0 Å². The van der Waals surface area contributed by atoms with Gasteiger partial charge < -0.3 is 15.5 Å². The van der Waals surface area contributed by atoms with Crippen molar-refractivity contribution in [2.75, 3.05) is 38.1 Å². The Labute approximate surface area is 135 Å². The Hall–Kier alpha value is -1.71. The third-order valence-corrected chi connectivity index (χ3v) is 4.30. The van der Waals surface area contributed by atoms with Crippen LogP contribution in [0, 0.1) is 0 Å². The summed E-state index contributed by atoms with van der Waals surface area (Å²) < 4.78 is 0. The Morgan fingerprint density at radius 1 is 1.09 bits per heavy atom. The molecule has 1 saturated heterocycles. The lowest BCUT2D eigenvalue weighted by atomic mass is 10.2. The lowest BCUT2D eigenvalue weighted by Crippen LogP contribution is -2.38. The number of rotatable bonds is 6. The van der Waals surface area contributed by atoms with Crippen molar-refractivity contribution in [3.05, 3.63) is 30.3 Å². The van der Waals surface area contributed by atoms with Gasteiger partial charge in [0.15, 0.2) is 5.96 Å². The van der Waals surface area contributed by atoms with Crippen LogP contribution in [0.25, 0.3) is 0 Å². The van der Waals surface area contributed by atoms with Crippen molar-refractivity contribution in [1.82, 2.24) is 4.90 Å². The van der Waals surface area contributed by atoms with E-state index in [1.54, 1.807) is 0 Å². The SMILES string of the molecule is CN(CCCCN=C(N)N1CCCCCC1)c1ccccc1. The molecule has 122 valence electrons. The van der Waals surface area contributed by atoms with E-state index in [1.165, 1.54) is 31.4 Å². The Kier molecular flexibility index (Phi) is 7.07. The van der Waals surface area contributed by atoms with E-state index in [0.29, 0.717) is 0 Å². The lowest BCUT2D eigenvalue weighted by molar-refractivity contribution is 0.428. The van der Waals surface area contributed by atoms with Gasteiger partial charge in [-0.2, -0.15) is 0 Å². The standard InChI is InChI=1S/C18H30N4/c1-21(17-11-5-4-6-12-17)14-10-7-13-20-18(19)22-15-8-2-3-9-16-22/h4-6,11-12H,2-3,7-10,13-16H2,1H3,(H2,19,20). The lowest BCUT2D eigenvalue weighted by Gasteiger charge is -2.21. The fourth-order valence-electron chi connectivity index (χ4n) is 2.87.